The average molecular weight is 356 g/mol. The Labute approximate surface area is 151 Å². The van der Waals surface area contributed by atoms with Crippen LogP contribution in [0.5, 0.6) is 0 Å². The van der Waals surface area contributed by atoms with E-state index < -0.39 is 5.97 Å². The zero-order valence-corrected chi connectivity index (χ0v) is 15.1. The Hall–Kier alpha value is -2.59. The van der Waals surface area contributed by atoms with E-state index in [4.69, 9.17) is 16.3 Å². The predicted molar refractivity (Wildman–Crippen MR) is 98.6 cm³/mol. The van der Waals surface area contributed by atoms with E-state index in [-0.39, 0.29) is 5.78 Å². The highest BCUT2D eigenvalue weighted by molar-refractivity contribution is 6.31. The van der Waals surface area contributed by atoms with E-state index in [0.717, 1.165) is 22.0 Å². The van der Waals surface area contributed by atoms with Crippen LogP contribution in [0.2, 0.25) is 5.02 Å². The topological polar surface area (TPSA) is 48.3 Å². The van der Waals surface area contributed by atoms with Crippen LogP contribution >= 0.6 is 11.6 Å². The number of hydrogen-bond acceptors (Lipinski definition) is 3. The number of Topliss-reactive ketones (excluding diaryl/α,β-unsaturated/α-hetero) is 1. The molecule has 0 spiro atoms. The average Bonchev–Trinajstić information content (AvgIpc) is 2.88. The molecular formula is C20H18ClNO3. The molecule has 3 rings (SSSR count). The number of hydrogen-bond donors (Lipinski definition) is 0. The molecule has 0 aliphatic heterocycles. The van der Waals surface area contributed by atoms with Gasteiger partial charge in [0.25, 0.3) is 0 Å². The van der Waals surface area contributed by atoms with Crippen LogP contribution in [0.4, 0.5) is 0 Å². The van der Waals surface area contributed by atoms with Gasteiger partial charge in [0.1, 0.15) is 0 Å². The fourth-order valence-corrected chi connectivity index (χ4v) is 3.38. The quantitative estimate of drug-likeness (QED) is 0.506. The summed E-state index contributed by atoms with van der Waals surface area (Å²) < 4.78 is 6.73. The van der Waals surface area contributed by atoms with Crippen molar-refractivity contribution in [2.75, 3.05) is 7.11 Å². The fourth-order valence-electron chi connectivity index (χ4n) is 3.18. The van der Waals surface area contributed by atoms with Crippen LogP contribution in [0.1, 0.15) is 38.9 Å². The Bertz CT molecular complexity index is 988. The molecule has 0 N–H and O–H groups in total. The molecule has 3 aromatic rings. The maximum absolute atomic E-state index is 12.3. The van der Waals surface area contributed by atoms with Gasteiger partial charge in [0.2, 0.25) is 0 Å². The molecule has 0 aliphatic carbocycles. The van der Waals surface area contributed by atoms with Crippen molar-refractivity contribution in [2.45, 2.75) is 20.4 Å². The molecule has 0 aliphatic rings. The highest BCUT2D eigenvalue weighted by atomic mass is 35.5. The van der Waals surface area contributed by atoms with Crippen molar-refractivity contribution in [1.29, 1.82) is 0 Å². The Kier molecular flexibility index (Phi) is 4.64. The van der Waals surface area contributed by atoms with Crippen LogP contribution < -0.4 is 0 Å². The summed E-state index contributed by atoms with van der Waals surface area (Å²) in [6, 6.07) is 12.9. The Morgan fingerprint density at radius 2 is 1.88 bits per heavy atom. The summed E-state index contributed by atoms with van der Waals surface area (Å²) >= 11 is 6.30. The van der Waals surface area contributed by atoms with E-state index >= 15 is 0 Å². The SMILES string of the molecule is COC(=O)c1ccc2c(C)c(C(C)=O)n(Cc3ccccc3Cl)c2c1. The van der Waals surface area contributed by atoms with Crippen molar-refractivity contribution in [3.8, 4) is 0 Å². The minimum atomic E-state index is -0.408. The first-order chi connectivity index (χ1) is 11.9. The van der Waals surface area contributed by atoms with Gasteiger partial charge < -0.3 is 9.30 Å². The summed E-state index contributed by atoms with van der Waals surface area (Å²) in [5.41, 5.74) is 3.68. The summed E-state index contributed by atoms with van der Waals surface area (Å²) in [6.45, 7) is 3.91. The monoisotopic (exact) mass is 355 g/mol. The van der Waals surface area contributed by atoms with Crippen LogP contribution in [-0.4, -0.2) is 23.4 Å². The van der Waals surface area contributed by atoms with Crippen molar-refractivity contribution in [3.05, 3.63) is 69.9 Å². The van der Waals surface area contributed by atoms with E-state index in [1.54, 1.807) is 19.1 Å². The highest BCUT2D eigenvalue weighted by Gasteiger charge is 2.19. The minimum Gasteiger partial charge on any atom is -0.465 e. The van der Waals surface area contributed by atoms with Crippen LogP contribution in [0.3, 0.4) is 0 Å². The Balaban J connectivity index is 2.26. The van der Waals surface area contributed by atoms with Crippen LogP contribution in [0.25, 0.3) is 10.9 Å². The zero-order chi connectivity index (χ0) is 18.1. The molecule has 128 valence electrons. The van der Waals surface area contributed by atoms with Gasteiger partial charge in [0, 0.05) is 23.9 Å². The van der Waals surface area contributed by atoms with Crippen molar-refractivity contribution in [3.63, 3.8) is 0 Å². The third-order valence-electron chi connectivity index (χ3n) is 4.36. The van der Waals surface area contributed by atoms with Crippen LogP contribution in [0.15, 0.2) is 42.5 Å². The normalized spacial score (nSPS) is 10.9. The minimum absolute atomic E-state index is 0.0274. The molecule has 5 heteroatoms. The van der Waals surface area contributed by atoms with Gasteiger partial charge in [-0.25, -0.2) is 4.79 Å². The smallest absolute Gasteiger partial charge is 0.337 e. The van der Waals surface area contributed by atoms with Gasteiger partial charge in [-0.2, -0.15) is 0 Å². The maximum atomic E-state index is 12.3. The fraction of sp³-hybridized carbons (Fsp3) is 0.200. The number of ether oxygens (including phenoxy) is 1. The number of benzene rings is 2. The summed E-state index contributed by atoms with van der Waals surface area (Å²) in [5, 5.41) is 1.57. The number of aryl methyl sites for hydroxylation is 1. The lowest BCUT2D eigenvalue weighted by Gasteiger charge is -2.11. The van der Waals surface area contributed by atoms with E-state index in [1.807, 2.05) is 41.8 Å². The predicted octanol–water partition coefficient (Wildman–Crippen LogP) is 4.64. The van der Waals surface area contributed by atoms with Gasteiger partial charge in [-0.1, -0.05) is 35.9 Å². The van der Waals surface area contributed by atoms with Crippen LogP contribution in [0, 0.1) is 6.92 Å². The molecule has 0 saturated carbocycles. The number of aromatic nitrogens is 1. The van der Waals surface area contributed by atoms with Crippen molar-refractivity contribution in [2.24, 2.45) is 0 Å². The number of halogens is 1. The number of esters is 1. The number of carbonyl (C=O) groups excluding carboxylic acids is 2. The third-order valence-corrected chi connectivity index (χ3v) is 4.73. The molecule has 1 heterocycles. The molecule has 0 amide bonds. The van der Waals surface area contributed by atoms with Gasteiger partial charge >= 0.3 is 5.97 Å². The first-order valence-electron chi connectivity index (χ1n) is 7.89. The number of rotatable bonds is 4. The number of nitrogens with zero attached hydrogens (tertiary/aromatic N) is 1. The lowest BCUT2D eigenvalue weighted by molar-refractivity contribution is 0.0600. The summed E-state index contributed by atoms with van der Waals surface area (Å²) in [6.07, 6.45) is 0. The molecule has 0 saturated heterocycles. The maximum Gasteiger partial charge on any atom is 0.337 e. The number of methoxy groups -OCH3 is 1. The standard InChI is InChI=1S/C20H18ClNO3/c1-12-16-9-8-14(20(24)25-3)10-18(16)22(19(12)13(2)23)11-15-6-4-5-7-17(15)21/h4-10H,11H2,1-3H3. The van der Waals surface area contributed by atoms with Crippen molar-refractivity contribution in [1.82, 2.24) is 4.57 Å². The van der Waals surface area contributed by atoms with E-state index in [2.05, 4.69) is 0 Å². The van der Waals surface area contributed by atoms with Gasteiger partial charge in [0.15, 0.2) is 5.78 Å². The van der Waals surface area contributed by atoms with Crippen molar-refractivity contribution >= 4 is 34.3 Å². The first kappa shape index (κ1) is 17.2. The molecule has 0 atom stereocenters. The Morgan fingerprint density at radius 3 is 2.52 bits per heavy atom. The lowest BCUT2D eigenvalue weighted by Crippen LogP contribution is -2.09. The molecule has 25 heavy (non-hydrogen) atoms. The molecule has 1 aromatic heterocycles. The molecular weight excluding hydrogens is 338 g/mol. The zero-order valence-electron chi connectivity index (χ0n) is 14.3. The number of carbonyl (C=O) groups is 2. The Morgan fingerprint density at radius 1 is 1.16 bits per heavy atom. The molecule has 4 nitrogen and oxygen atoms in total. The number of fused-ring (bicyclic) bond motifs is 1. The molecule has 0 fully saturated rings. The molecule has 0 unspecified atom stereocenters. The van der Waals surface area contributed by atoms with E-state index in [9.17, 15) is 9.59 Å². The molecule has 0 radical (unpaired) electrons. The molecule has 0 bridgehead atoms. The second-order valence-electron chi connectivity index (χ2n) is 5.93. The summed E-state index contributed by atoms with van der Waals surface area (Å²) in [7, 11) is 1.35. The summed E-state index contributed by atoms with van der Waals surface area (Å²) in [4.78, 5) is 24.1. The van der Waals surface area contributed by atoms with Gasteiger partial charge in [0.05, 0.1) is 23.9 Å². The van der Waals surface area contributed by atoms with E-state index in [1.165, 1.54) is 7.11 Å². The van der Waals surface area contributed by atoms with E-state index in [0.29, 0.717) is 22.8 Å². The highest BCUT2D eigenvalue weighted by Crippen LogP contribution is 2.29. The first-order valence-corrected chi connectivity index (χ1v) is 8.27. The lowest BCUT2D eigenvalue weighted by atomic mass is 10.1. The molecule has 2 aromatic carbocycles. The second kappa shape index (κ2) is 6.73. The second-order valence-corrected chi connectivity index (χ2v) is 6.34. The van der Waals surface area contributed by atoms with Gasteiger partial charge in [-0.3, -0.25) is 4.79 Å². The third kappa shape index (κ3) is 3.05. The summed E-state index contributed by atoms with van der Waals surface area (Å²) in [5.74, 6) is -0.435. The largest absolute Gasteiger partial charge is 0.465 e. The number of ketones is 1. The van der Waals surface area contributed by atoms with Gasteiger partial charge in [-0.15, -0.1) is 0 Å². The van der Waals surface area contributed by atoms with Gasteiger partial charge in [-0.05, 0) is 36.2 Å². The van der Waals surface area contributed by atoms with Crippen molar-refractivity contribution < 1.29 is 14.3 Å². The van der Waals surface area contributed by atoms with Crippen LogP contribution in [-0.2, 0) is 11.3 Å².